The van der Waals surface area contributed by atoms with E-state index >= 15 is 0 Å². The normalized spacial score (nSPS) is 10.8. The van der Waals surface area contributed by atoms with E-state index in [1.54, 1.807) is 36.1 Å². The van der Waals surface area contributed by atoms with Gasteiger partial charge in [0, 0.05) is 18.5 Å². The van der Waals surface area contributed by atoms with Crippen molar-refractivity contribution in [2.45, 2.75) is 13.5 Å². The maximum Gasteiger partial charge on any atom is 0.296 e. The molecule has 0 saturated carbocycles. The number of benzene rings is 1. The lowest BCUT2D eigenvalue weighted by molar-refractivity contribution is 0.101. The minimum atomic E-state index is -0.447. The number of aryl methyl sites for hydroxylation is 1. The lowest BCUT2D eigenvalue weighted by Crippen LogP contribution is -2.15. The lowest BCUT2D eigenvalue weighted by atomic mass is 10.3. The number of anilines is 1. The Morgan fingerprint density at radius 2 is 1.93 bits per heavy atom. The van der Waals surface area contributed by atoms with Gasteiger partial charge in [-0.05, 0) is 31.2 Å². The standard InChI is InChI=1S/C19H16ClN7O/c1-13-22-18(25-27(13)16-8-3-2-7-15(16)20)19(28)23-17-9-11-26(24-17)12-14-6-4-5-10-21-14/h2-11H,12H2,1H3,(H,23,24,28). The molecule has 0 fully saturated rings. The molecule has 3 aromatic heterocycles. The molecule has 0 saturated heterocycles. The van der Waals surface area contributed by atoms with Crippen LogP contribution in [0.2, 0.25) is 5.02 Å². The number of nitrogens with zero attached hydrogens (tertiary/aromatic N) is 6. The van der Waals surface area contributed by atoms with E-state index in [2.05, 4.69) is 25.5 Å². The first-order valence-corrected chi connectivity index (χ1v) is 8.91. The Morgan fingerprint density at radius 1 is 1.11 bits per heavy atom. The molecule has 0 bridgehead atoms. The second-order valence-electron chi connectivity index (χ2n) is 6.02. The maximum absolute atomic E-state index is 12.5. The number of carbonyl (C=O) groups excluding carboxylic acids is 1. The lowest BCUT2D eigenvalue weighted by Gasteiger charge is -2.04. The van der Waals surface area contributed by atoms with E-state index in [9.17, 15) is 4.79 Å². The van der Waals surface area contributed by atoms with Crippen LogP contribution in [0.4, 0.5) is 5.82 Å². The van der Waals surface area contributed by atoms with Gasteiger partial charge in [0.1, 0.15) is 5.82 Å². The van der Waals surface area contributed by atoms with Gasteiger partial charge in [-0.1, -0.05) is 29.8 Å². The first kappa shape index (κ1) is 17.9. The molecule has 140 valence electrons. The van der Waals surface area contributed by atoms with Gasteiger partial charge >= 0.3 is 0 Å². The van der Waals surface area contributed by atoms with Gasteiger partial charge in [-0.15, -0.1) is 5.10 Å². The van der Waals surface area contributed by atoms with E-state index in [0.717, 1.165) is 5.69 Å². The number of hydrogen-bond acceptors (Lipinski definition) is 5. The summed E-state index contributed by atoms with van der Waals surface area (Å²) in [6.45, 7) is 2.27. The fourth-order valence-electron chi connectivity index (χ4n) is 2.68. The van der Waals surface area contributed by atoms with Crippen molar-refractivity contribution in [2.24, 2.45) is 0 Å². The van der Waals surface area contributed by atoms with Gasteiger partial charge < -0.3 is 5.32 Å². The molecule has 0 spiro atoms. The number of amides is 1. The zero-order valence-corrected chi connectivity index (χ0v) is 15.7. The third-order valence-corrected chi connectivity index (χ3v) is 4.30. The minimum absolute atomic E-state index is 0.0386. The Hall–Kier alpha value is -3.52. The van der Waals surface area contributed by atoms with Gasteiger partial charge in [0.05, 0.1) is 22.9 Å². The van der Waals surface area contributed by atoms with Crippen LogP contribution in [0.15, 0.2) is 60.9 Å². The van der Waals surface area contributed by atoms with Gasteiger partial charge in [-0.25, -0.2) is 9.67 Å². The van der Waals surface area contributed by atoms with Crippen molar-refractivity contribution in [1.29, 1.82) is 0 Å². The van der Waals surface area contributed by atoms with Crippen molar-refractivity contribution >= 4 is 23.3 Å². The zero-order valence-electron chi connectivity index (χ0n) is 15.0. The largest absolute Gasteiger partial charge is 0.302 e. The van der Waals surface area contributed by atoms with E-state index in [-0.39, 0.29) is 5.82 Å². The Bertz CT molecular complexity index is 1120. The summed E-state index contributed by atoms with van der Waals surface area (Å²) >= 11 is 6.21. The van der Waals surface area contributed by atoms with Crippen LogP contribution in [0.3, 0.4) is 0 Å². The van der Waals surface area contributed by atoms with Crippen LogP contribution in [0.5, 0.6) is 0 Å². The number of aromatic nitrogens is 6. The second-order valence-corrected chi connectivity index (χ2v) is 6.43. The number of carbonyl (C=O) groups is 1. The van der Waals surface area contributed by atoms with E-state index < -0.39 is 5.91 Å². The molecular weight excluding hydrogens is 378 g/mol. The van der Waals surface area contributed by atoms with Gasteiger partial charge in [-0.2, -0.15) is 5.10 Å². The molecule has 0 aliphatic rings. The fraction of sp³-hybridized carbons (Fsp3) is 0.105. The Labute approximate surface area is 165 Å². The molecule has 1 N–H and O–H groups in total. The Morgan fingerprint density at radius 3 is 2.71 bits per heavy atom. The van der Waals surface area contributed by atoms with E-state index in [1.165, 1.54) is 4.68 Å². The number of pyridine rings is 1. The average Bonchev–Trinajstić information content (AvgIpc) is 3.29. The summed E-state index contributed by atoms with van der Waals surface area (Å²) in [5.41, 5.74) is 1.53. The fourth-order valence-corrected chi connectivity index (χ4v) is 2.90. The monoisotopic (exact) mass is 393 g/mol. The molecule has 0 radical (unpaired) electrons. The van der Waals surface area contributed by atoms with Crippen LogP contribution in [0.25, 0.3) is 5.69 Å². The highest BCUT2D eigenvalue weighted by molar-refractivity contribution is 6.32. The van der Waals surface area contributed by atoms with Crippen molar-refractivity contribution < 1.29 is 4.79 Å². The quantitative estimate of drug-likeness (QED) is 0.562. The second kappa shape index (κ2) is 7.61. The van der Waals surface area contributed by atoms with Crippen LogP contribution in [-0.2, 0) is 6.54 Å². The maximum atomic E-state index is 12.5. The van der Waals surface area contributed by atoms with Gasteiger partial charge in [-0.3, -0.25) is 14.5 Å². The molecular formula is C19H16ClN7O. The zero-order chi connectivity index (χ0) is 19.5. The van der Waals surface area contributed by atoms with Crippen LogP contribution in [-0.4, -0.2) is 35.4 Å². The SMILES string of the molecule is Cc1nc(C(=O)Nc2ccn(Cc3ccccn3)n2)nn1-c1ccccc1Cl. The van der Waals surface area contributed by atoms with Gasteiger partial charge in [0.15, 0.2) is 5.82 Å². The van der Waals surface area contributed by atoms with Crippen molar-refractivity contribution in [3.63, 3.8) is 0 Å². The summed E-state index contributed by atoms with van der Waals surface area (Å²) in [7, 11) is 0. The van der Waals surface area contributed by atoms with Crippen LogP contribution < -0.4 is 5.32 Å². The molecule has 28 heavy (non-hydrogen) atoms. The summed E-state index contributed by atoms with van der Waals surface area (Å²) in [6, 6.07) is 14.6. The smallest absolute Gasteiger partial charge is 0.296 e. The third kappa shape index (κ3) is 3.77. The first-order valence-electron chi connectivity index (χ1n) is 8.53. The molecule has 0 aliphatic heterocycles. The highest BCUT2D eigenvalue weighted by Crippen LogP contribution is 2.20. The molecule has 8 nitrogen and oxygen atoms in total. The number of nitrogens with one attached hydrogen (secondary N) is 1. The average molecular weight is 394 g/mol. The topological polar surface area (TPSA) is 90.5 Å². The highest BCUT2D eigenvalue weighted by Gasteiger charge is 2.17. The third-order valence-electron chi connectivity index (χ3n) is 3.99. The molecule has 3 heterocycles. The molecule has 1 amide bonds. The predicted octanol–water partition coefficient (Wildman–Crippen LogP) is 3.12. The molecule has 0 unspecified atom stereocenters. The Kier molecular flexibility index (Phi) is 4.86. The minimum Gasteiger partial charge on any atom is -0.302 e. The summed E-state index contributed by atoms with van der Waals surface area (Å²) < 4.78 is 3.23. The molecule has 0 atom stereocenters. The van der Waals surface area contributed by atoms with Crippen LogP contribution in [0, 0.1) is 6.92 Å². The molecule has 1 aromatic carbocycles. The molecule has 4 rings (SSSR count). The summed E-state index contributed by atoms with van der Waals surface area (Å²) in [6.07, 6.45) is 3.50. The molecule has 4 aromatic rings. The summed E-state index contributed by atoms with van der Waals surface area (Å²) in [4.78, 5) is 21.0. The van der Waals surface area contributed by atoms with Crippen molar-refractivity contribution in [3.05, 3.63) is 83.3 Å². The highest BCUT2D eigenvalue weighted by atomic mass is 35.5. The van der Waals surface area contributed by atoms with Crippen molar-refractivity contribution in [2.75, 3.05) is 5.32 Å². The van der Waals surface area contributed by atoms with Crippen LogP contribution in [0.1, 0.15) is 22.1 Å². The number of hydrogen-bond donors (Lipinski definition) is 1. The van der Waals surface area contributed by atoms with Crippen molar-refractivity contribution in [1.82, 2.24) is 29.5 Å². The van der Waals surface area contributed by atoms with Crippen LogP contribution >= 0.6 is 11.6 Å². The first-order chi connectivity index (χ1) is 13.6. The summed E-state index contributed by atoms with van der Waals surface area (Å²) in [5, 5.41) is 11.8. The number of para-hydroxylation sites is 1. The van der Waals surface area contributed by atoms with Gasteiger partial charge in [0.2, 0.25) is 5.82 Å². The molecule has 0 aliphatic carbocycles. The number of halogens is 1. The van der Waals surface area contributed by atoms with E-state index in [4.69, 9.17) is 11.6 Å². The van der Waals surface area contributed by atoms with E-state index in [0.29, 0.717) is 28.9 Å². The Balaban J connectivity index is 1.49. The predicted molar refractivity (Wildman–Crippen MR) is 105 cm³/mol. The van der Waals surface area contributed by atoms with Crippen molar-refractivity contribution in [3.8, 4) is 5.69 Å². The van der Waals surface area contributed by atoms with Gasteiger partial charge in [0.25, 0.3) is 5.91 Å². The van der Waals surface area contributed by atoms with E-state index in [1.807, 2.05) is 36.4 Å². The number of rotatable bonds is 5. The molecule has 9 heteroatoms. The summed E-state index contributed by atoms with van der Waals surface area (Å²) in [5.74, 6) is 0.556.